The second-order valence-corrected chi connectivity index (χ2v) is 6.84. The van der Waals surface area contributed by atoms with E-state index >= 15 is 0 Å². The van der Waals surface area contributed by atoms with Crippen molar-refractivity contribution in [3.63, 3.8) is 0 Å². The average Bonchev–Trinajstić information content (AvgIpc) is 2.55. The van der Waals surface area contributed by atoms with Crippen LogP contribution in [0.4, 0.5) is 8.78 Å². The number of phenols is 1. The molecule has 1 N–H and O–H groups in total. The predicted molar refractivity (Wildman–Crippen MR) is 90.8 cm³/mol. The van der Waals surface area contributed by atoms with Gasteiger partial charge in [0.2, 0.25) is 0 Å². The van der Waals surface area contributed by atoms with Crippen LogP contribution in [-0.2, 0) is 10.2 Å². The molecule has 3 rings (SSSR count). The van der Waals surface area contributed by atoms with Crippen molar-refractivity contribution in [2.75, 3.05) is 6.61 Å². The molecule has 1 unspecified atom stereocenters. The maximum Gasteiger partial charge on any atom is 0.199 e. The molecule has 134 valence electrons. The van der Waals surface area contributed by atoms with E-state index in [4.69, 9.17) is 9.47 Å². The molecule has 1 fully saturated rings. The Labute approximate surface area is 146 Å². The number of benzene rings is 2. The lowest BCUT2D eigenvalue weighted by atomic mass is 9.77. The zero-order valence-corrected chi connectivity index (χ0v) is 14.4. The Bertz CT molecular complexity index is 753. The number of ether oxygens (including phenoxy) is 2. The van der Waals surface area contributed by atoms with E-state index < -0.39 is 17.0 Å². The Balaban J connectivity index is 1.86. The average molecular weight is 348 g/mol. The van der Waals surface area contributed by atoms with Crippen LogP contribution in [0.5, 0.6) is 11.5 Å². The van der Waals surface area contributed by atoms with Gasteiger partial charge in [0, 0.05) is 24.0 Å². The highest BCUT2D eigenvalue weighted by Crippen LogP contribution is 2.37. The number of hydrogen-bond donors (Lipinski definition) is 1. The van der Waals surface area contributed by atoms with Gasteiger partial charge in [0.1, 0.15) is 23.1 Å². The summed E-state index contributed by atoms with van der Waals surface area (Å²) >= 11 is 0. The summed E-state index contributed by atoms with van der Waals surface area (Å²) in [5.41, 5.74) is -0.232. The summed E-state index contributed by atoms with van der Waals surface area (Å²) in [5, 5.41) is 9.38. The molecule has 1 saturated heterocycles. The molecular weight excluding hydrogens is 326 g/mol. The minimum atomic E-state index is -0.901. The van der Waals surface area contributed by atoms with Gasteiger partial charge in [-0.2, -0.15) is 0 Å². The first-order valence-electron chi connectivity index (χ1n) is 8.45. The summed E-state index contributed by atoms with van der Waals surface area (Å²) < 4.78 is 40.1. The summed E-state index contributed by atoms with van der Waals surface area (Å²) in [6.07, 6.45) is 2.48. The lowest BCUT2D eigenvalue weighted by molar-refractivity contribution is -0.106. The van der Waals surface area contributed by atoms with Gasteiger partial charge in [-0.05, 0) is 36.1 Å². The highest BCUT2D eigenvalue weighted by molar-refractivity contribution is 5.43. The first-order chi connectivity index (χ1) is 11.9. The highest BCUT2D eigenvalue weighted by atomic mass is 19.1. The summed E-state index contributed by atoms with van der Waals surface area (Å²) in [6, 6.07) is 8.51. The van der Waals surface area contributed by atoms with E-state index in [2.05, 4.69) is 0 Å². The van der Waals surface area contributed by atoms with Crippen LogP contribution in [-0.4, -0.2) is 18.0 Å². The molecule has 2 aromatic carbocycles. The minimum absolute atomic E-state index is 0.159. The normalized spacial score (nSPS) is 18.2. The molecule has 3 nitrogen and oxygen atoms in total. The van der Waals surface area contributed by atoms with E-state index in [1.165, 1.54) is 18.2 Å². The minimum Gasteiger partial charge on any atom is -0.508 e. The topological polar surface area (TPSA) is 38.7 Å². The number of phenolic OH excluding ortho intramolecular Hbond substituents is 1. The maximum atomic E-state index is 14.7. The molecule has 1 aliphatic heterocycles. The van der Waals surface area contributed by atoms with Crippen molar-refractivity contribution in [3.05, 3.63) is 59.2 Å². The first-order valence-corrected chi connectivity index (χ1v) is 8.45. The van der Waals surface area contributed by atoms with Crippen LogP contribution >= 0.6 is 0 Å². The molecule has 0 bridgehead atoms. The Morgan fingerprint density at radius 1 is 1.04 bits per heavy atom. The number of hydrogen-bond acceptors (Lipinski definition) is 3. The van der Waals surface area contributed by atoms with Crippen LogP contribution in [0, 0.1) is 11.6 Å². The molecule has 25 heavy (non-hydrogen) atoms. The number of halogens is 2. The van der Waals surface area contributed by atoms with Crippen molar-refractivity contribution in [2.45, 2.75) is 44.8 Å². The van der Waals surface area contributed by atoms with Crippen LogP contribution in [0.1, 0.15) is 44.2 Å². The second kappa shape index (κ2) is 7.00. The fraction of sp³-hybridized carbons (Fsp3) is 0.400. The molecule has 0 radical (unpaired) electrons. The van der Waals surface area contributed by atoms with E-state index in [1.54, 1.807) is 26.0 Å². The van der Waals surface area contributed by atoms with Gasteiger partial charge in [-0.15, -0.1) is 0 Å². The van der Waals surface area contributed by atoms with Crippen molar-refractivity contribution in [2.24, 2.45) is 0 Å². The highest BCUT2D eigenvalue weighted by Gasteiger charge is 2.30. The van der Waals surface area contributed by atoms with Gasteiger partial charge in [-0.3, -0.25) is 0 Å². The molecule has 0 aromatic heterocycles. The lowest BCUT2D eigenvalue weighted by Crippen LogP contribution is -2.25. The SMILES string of the molecule is CC(C)(c1ccc(O)cc1F)c1ccc(OC2CCCCO2)cc1F. The third-order valence-electron chi connectivity index (χ3n) is 4.65. The van der Waals surface area contributed by atoms with Crippen molar-refractivity contribution in [1.29, 1.82) is 0 Å². The van der Waals surface area contributed by atoms with Crippen LogP contribution in [0.3, 0.4) is 0 Å². The zero-order chi connectivity index (χ0) is 18.0. The van der Waals surface area contributed by atoms with Crippen LogP contribution in [0.25, 0.3) is 0 Å². The van der Waals surface area contributed by atoms with Crippen molar-refractivity contribution in [1.82, 2.24) is 0 Å². The molecule has 1 atom stereocenters. The Hall–Kier alpha value is -2.14. The van der Waals surface area contributed by atoms with E-state index in [-0.39, 0.29) is 12.0 Å². The molecule has 0 spiro atoms. The van der Waals surface area contributed by atoms with Gasteiger partial charge in [-0.1, -0.05) is 26.0 Å². The fourth-order valence-electron chi connectivity index (χ4n) is 3.19. The van der Waals surface area contributed by atoms with E-state index in [9.17, 15) is 13.9 Å². The molecule has 0 saturated carbocycles. The summed E-state index contributed by atoms with van der Waals surface area (Å²) in [7, 11) is 0. The van der Waals surface area contributed by atoms with Gasteiger partial charge in [0.15, 0.2) is 6.29 Å². The lowest BCUT2D eigenvalue weighted by Gasteiger charge is -2.28. The third kappa shape index (κ3) is 3.76. The molecule has 5 heteroatoms. The Morgan fingerprint density at radius 2 is 1.72 bits per heavy atom. The monoisotopic (exact) mass is 348 g/mol. The van der Waals surface area contributed by atoms with E-state index in [0.29, 0.717) is 23.5 Å². The smallest absolute Gasteiger partial charge is 0.199 e. The third-order valence-corrected chi connectivity index (χ3v) is 4.65. The molecule has 0 amide bonds. The molecule has 2 aromatic rings. The van der Waals surface area contributed by atoms with Crippen LogP contribution < -0.4 is 4.74 Å². The zero-order valence-electron chi connectivity index (χ0n) is 14.4. The number of aromatic hydroxyl groups is 1. The molecule has 0 aliphatic carbocycles. The number of rotatable bonds is 4. The van der Waals surface area contributed by atoms with Crippen LogP contribution in [0.2, 0.25) is 0 Å². The van der Waals surface area contributed by atoms with Crippen molar-refractivity contribution in [3.8, 4) is 11.5 Å². The fourth-order valence-corrected chi connectivity index (χ4v) is 3.19. The molecule has 1 heterocycles. The van der Waals surface area contributed by atoms with Gasteiger partial charge in [-0.25, -0.2) is 8.78 Å². The predicted octanol–water partition coefficient (Wildman–Crippen LogP) is 4.90. The summed E-state index contributed by atoms with van der Waals surface area (Å²) in [4.78, 5) is 0. The second-order valence-electron chi connectivity index (χ2n) is 6.84. The van der Waals surface area contributed by atoms with E-state index in [1.807, 2.05) is 0 Å². The molecule has 1 aliphatic rings. The van der Waals surface area contributed by atoms with E-state index in [0.717, 1.165) is 25.3 Å². The summed E-state index contributed by atoms with van der Waals surface area (Å²) in [5.74, 6) is -0.796. The standard InChI is InChI=1S/C20H22F2O3/c1-20(2,15-8-6-13(23)11-17(15)21)16-9-7-14(12-18(16)22)25-19-5-3-4-10-24-19/h6-9,11-12,19,23H,3-5,10H2,1-2H3. The molecular formula is C20H22F2O3. The van der Waals surface area contributed by atoms with Gasteiger partial charge >= 0.3 is 0 Å². The largest absolute Gasteiger partial charge is 0.508 e. The van der Waals surface area contributed by atoms with Gasteiger partial charge < -0.3 is 14.6 Å². The Kier molecular flexibility index (Phi) is 4.95. The quantitative estimate of drug-likeness (QED) is 0.854. The van der Waals surface area contributed by atoms with Crippen molar-refractivity contribution < 1.29 is 23.4 Å². The first kappa shape index (κ1) is 17.7. The Morgan fingerprint density at radius 3 is 2.32 bits per heavy atom. The van der Waals surface area contributed by atoms with Crippen molar-refractivity contribution >= 4 is 0 Å². The maximum absolute atomic E-state index is 14.7. The summed E-state index contributed by atoms with van der Waals surface area (Å²) in [6.45, 7) is 4.13. The van der Waals surface area contributed by atoms with Gasteiger partial charge in [0.25, 0.3) is 0 Å². The van der Waals surface area contributed by atoms with Gasteiger partial charge in [0.05, 0.1) is 6.61 Å². The van der Waals surface area contributed by atoms with Crippen LogP contribution in [0.15, 0.2) is 36.4 Å².